The molecule has 0 amide bonds. The van der Waals surface area contributed by atoms with E-state index in [1.54, 1.807) is 0 Å². The van der Waals surface area contributed by atoms with E-state index in [-0.39, 0.29) is 0 Å². The molecule has 0 spiro atoms. The standard InChI is InChI=1S/C60H40N2O/c1-2-15-41(16-3-1)42-29-31-43(32-30-42)44-33-37-46(38-34-44)61(47-39-35-45(36-40-47)48-22-14-23-54-53-21-8-13-28-59(53)63-60(48)54)55-24-9-4-17-49(55)50-18-5-10-25-56(50)62-57-26-11-6-19-51(57)52-20-7-12-27-58(52)62/h1-40H. The van der Waals surface area contributed by atoms with Crippen molar-refractivity contribution < 1.29 is 4.42 Å². The summed E-state index contributed by atoms with van der Waals surface area (Å²) in [4.78, 5) is 2.39. The van der Waals surface area contributed by atoms with Gasteiger partial charge in [-0.05, 0) is 82.4 Å². The number of anilines is 3. The van der Waals surface area contributed by atoms with Crippen LogP contribution < -0.4 is 4.90 Å². The van der Waals surface area contributed by atoms with Gasteiger partial charge in [-0.2, -0.15) is 0 Å². The van der Waals surface area contributed by atoms with Crippen LogP contribution >= 0.6 is 0 Å². The topological polar surface area (TPSA) is 21.3 Å². The number of hydrogen-bond acceptors (Lipinski definition) is 2. The Morgan fingerprint density at radius 1 is 0.302 bits per heavy atom. The highest BCUT2D eigenvalue weighted by molar-refractivity contribution is 6.11. The van der Waals surface area contributed by atoms with E-state index in [0.29, 0.717) is 0 Å². The smallest absolute Gasteiger partial charge is 0.143 e. The summed E-state index contributed by atoms with van der Waals surface area (Å²) in [6.45, 7) is 0. The summed E-state index contributed by atoms with van der Waals surface area (Å²) in [6, 6.07) is 87.1. The van der Waals surface area contributed by atoms with Crippen molar-refractivity contribution in [3.63, 3.8) is 0 Å². The normalized spacial score (nSPS) is 11.5. The summed E-state index contributed by atoms with van der Waals surface area (Å²) in [6.07, 6.45) is 0. The number of hydrogen-bond donors (Lipinski definition) is 0. The van der Waals surface area contributed by atoms with Gasteiger partial charge in [0.2, 0.25) is 0 Å². The van der Waals surface area contributed by atoms with E-state index in [4.69, 9.17) is 4.42 Å². The predicted molar refractivity (Wildman–Crippen MR) is 264 cm³/mol. The van der Waals surface area contributed by atoms with Gasteiger partial charge in [-0.15, -0.1) is 0 Å². The number of benzene rings is 10. The molecular formula is C60H40N2O. The molecule has 12 aromatic rings. The van der Waals surface area contributed by atoms with E-state index in [1.165, 1.54) is 38.5 Å². The van der Waals surface area contributed by atoms with Crippen molar-refractivity contribution in [1.82, 2.24) is 4.57 Å². The average molecular weight is 805 g/mol. The van der Waals surface area contributed by atoms with Gasteiger partial charge in [0, 0.05) is 49.6 Å². The highest BCUT2D eigenvalue weighted by atomic mass is 16.3. The maximum Gasteiger partial charge on any atom is 0.143 e. The summed E-state index contributed by atoms with van der Waals surface area (Å²) < 4.78 is 8.90. The minimum absolute atomic E-state index is 0.899. The average Bonchev–Trinajstić information content (AvgIpc) is 3.91. The van der Waals surface area contributed by atoms with Crippen LogP contribution in [0.1, 0.15) is 0 Å². The van der Waals surface area contributed by atoms with E-state index in [0.717, 1.165) is 72.5 Å². The fourth-order valence-electron chi connectivity index (χ4n) is 9.46. The van der Waals surface area contributed by atoms with Gasteiger partial charge >= 0.3 is 0 Å². The number of rotatable bonds is 8. The van der Waals surface area contributed by atoms with Crippen molar-refractivity contribution in [3.8, 4) is 50.2 Å². The monoisotopic (exact) mass is 804 g/mol. The van der Waals surface area contributed by atoms with Crippen LogP contribution in [-0.4, -0.2) is 4.57 Å². The van der Waals surface area contributed by atoms with Gasteiger partial charge in [0.15, 0.2) is 0 Å². The Balaban J connectivity index is 1.00. The Hall–Kier alpha value is -8.40. The molecule has 3 nitrogen and oxygen atoms in total. The summed E-state index contributed by atoms with van der Waals surface area (Å²) in [5.74, 6) is 0. The molecule has 0 atom stereocenters. The first kappa shape index (κ1) is 36.5. The molecule has 0 radical (unpaired) electrons. The number of aromatic nitrogens is 1. The highest BCUT2D eigenvalue weighted by Crippen LogP contribution is 2.45. The van der Waals surface area contributed by atoms with E-state index < -0.39 is 0 Å². The van der Waals surface area contributed by atoms with Crippen molar-refractivity contribution in [2.45, 2.75) is 0 Å². The van der Waals surface area contributed by atoms with Crippen LogP contribution in [0.25, 0.3) is 93.9 Å². The van der Waals surface area contributed by atoms with E-state index in [1.807, 2.05) is 12.1 Å². The lowest BCUT2D eigenvalue weighted by Crippen LogP contribution is -2.11. The van der Waals surface area contributed by atoms with Crippen molar-refractivity contribution in [3.05, 3.63) is 243 Å². The molecule has 10 aromatic carbocycles. The first-order valence-electron chi connectivity index (χ1n) is 21.5. The number of fused-ring (bicyclic) bond motifs is 6. The maximum atomic E-state index is 6.48. The lowest BCUT2D eigenvalue weighted by atomic mass is 9.98. The molecule has 0 bridgehead atoms. The van der Waals surface area contributed by atoms with Gasteiger partial charge in [-0.25, -0.2) is 0 Å². The zero-order valence-corrected chi connectivity index (χ0v) is 34.4. The van der Waals surface area contributed by atoms with Crippen LogP contribution in [0, 0.1) is 0 Å². The maximum absolute atomic E-state index is 6.48. The van der Waals surface area contributed by atoms with Gasteiger partial charge in [0.1, 0.15) is 11.2 Å². The van der Waals surface area contributed by atoms with Crippen LogP contribution in [0.3, 0.4) is 0 Å². The zero-order valence-electron chi connectivity index (χ0n) is 34.4. The molecule has 12 rings (SSSR count). The Labute approximate surface area is 366 Å². The predicted octanol–water partition coefficient (Wildman–Crippen LogP) is 16.8. The minimum atomic E-state index is 0.899. The summed E-state index contributed by atoms with van der Waals surface area (Å²) in [5, 5.41) is 4.74. The minimum Gasteiger partial charge on any atom is -0.455 e. The molecule has 296 valence electrons. The second-order valence-electron chi connectivity index (χ2n) is 16.1. The third-order valence-corrected chi connectivity index (χ3v) is 12.5. The number of para-hydroxylation sites is 6. The van der Waals surface area contributed by atoms with E-state index >= 15 is 0 Å². The molecule has 0 fully saturated rings. The third-order valence-electron chi connectivity index (χ3n) is 12.5. The van der Waals surface area contributed by atoms with Crippen LogP contribution in [0.5, 0.6) is 0 Å². The molecule has 0 aliphatic carbocycles. The molecule has 63 heavy (non-hydrogen) atoms. The van der Waals surface area contributed by atoms with E-state index in [9.17, 15) is 0 Å². The second-order valence-corrected chi connectivity index (χ2v) is 16.1. The quantitative estimate of drug-likeness (QED) is 0.153. The Morgan fingerprint density at radius 3 is 1.43 bits per heavy atom. The molecule has 3 heteroatoms. The van der Waals surface area contributed by atoms with Crippen molar-refractivity contribution >= 4 is 60.8 Å². The Bertz CT molecular complexity index is 3550. The molecule has 0 aliphatic rings. The van der Waals surface area contributed by atoms with Gasteiger partial charge in [0.05, 0.1) is 22.4 Å². The Morgan fingerprint density at radius 2 is 0.762 bits per heavy atom. The van der Waals surface area contributed by atoms with Crippen LogP contribution in [-0.2, 0) is 0 Å². The van der Waals surface area contributed by atoms with Crippen molar-refractivity contribution in [2.75, 3.05) is 4.90 Å². The fourth-order valence-corrected chi connectivity index (χ4v) is 9.46. The molecule has 2 aromatic heterocycles. The summed E-state index contributed by atoms with van der Waals surface area (Å²) in [5.41, 5.74) is 17.7. The lowest BCUT2D eigenvalue weighted by molar-refractivity contribution is 0.670. The largest absolute Gasteiger partial charge is 0.455 e. The van der Waals surface area contributed by atoms with Gasteiger partial charge in [-0.3, -0.25) is 0 Å². The lowest BCUT2D eigenvalue weighted by Gasteiger charge is -2.29. The molecule has 0 saturated carbocycles. The van der Waals surface area contributed by atoms with Crippen molar-refractivity contribution in [2.24, 2.45) is 0 Å². The Kier molecular flexibility index (Phi) is 8.83. The molecule has 0 unspecified atom stereocenters. The summed E-state index contributed by atoms with van der Waals surface area (Å²) in [7, 11) is 0. The van der Waals surface area contributed by atoms with Crippen molar-refractivity contribution in [1.29, 1.82) is 0 Å². The van der Waals surface area contributed by atoms with Crippen LogP contribution in [0.2, 0.25) is 0 Å². The van der Waals surface area contributed by atoms with E-state index in [2.05, 4.69) is 240 Å². The SMILES string of the molecule is c1ccc(-c2ccc(-c3ccc(N(c4ccc(-c5cccc6c5oc5ccccc56)cc4)c4ccccc4-c4ccccc4-n4c5ccccc5c5ccccc54)cc3)cc2)cc1. The first-order valence-corrected chi connectivity index (χ1v) is 21.5. The highest BCUT2D eigenvalue weighted by Gasteiger charge is 2.22. The first-order chi connectivity index (χ1) is 31.3. The van der Waals surface area contributed by atoms with Gasteiger partial charge < -0.3 is 13.9 Å². The van der Waals surface area contributed by atoms with Gasteiger partial charge in [-0.1, -0.05) is 188 Å². The number of nitrogens with zero attached hydrogens (tertiary/aromatic N) is 2. The fraction of sp³-hybridized carbons (Fsp3) is 0. The molecule has 0 saturated heterocycles. The second kappa shape index (κ2) is 15.3. The third kappa shape index (κ3) is 6.29. The molecule has 2 heterocycles. The molecule has 0 N–H and O–H groups in total. The zero-order chi connectivity index (χ0) is 41.7. The van der Waals surface area contributed by atoms with Crippen LogP contribution in [0.4, 0.5) is 17.1 Å². The van der Waals surface area contributed by atoms with Gasteiger partial charge in [0.25, 0.3) is 0 Å². The number of furan rings is 1. The molecule has 0 aliphatic heterocycles. The van der Waals surface area contributed by atoms with Crippen LogP contribution in [0.15, 0.2) is 247 Å². The molecular weight excluding hydrogens is 765 g/mol. The summed E-state index contributed by atoms with van der Waals surface area (Å²) >= 11 is 0.